The molecule has 1 aromatic carbocycles. The van der Waals surface area contributed by atoms with Crippen molar-refractivity contribution in [2.75, 3.05) is 6.61 Å². The Labute approximate surface area is 209 Å². The number of hydrogen-bond acceptors (Lipinski definition) is 4. The van der Waals surface area contributed by atoms with Crippen LogP contribution in [0.2, 0.25) is 18.1 Å². The molecule has 0 saturated carbocycles. The van der Waals surface area contributed by atoms with Crippen LogP contribution in [0.15, 0.2) is 41.6 Å². The monoisotopic (exact) mass is 497 g/mol. The van der Waals surface area contributed by atoms with E-state index in [4.69, 9.17) is 4.43 Å². The van der Waals surface area contributed by atoms with Crippen molar-refractivity contribution in [3.63, 3.8) is 0 Å². The highest BCUT2D eigenvalue weighted by Gasteiger charge is 2.45. The minimum absolute atomic E-state index is 0.0120. The van der Waals surface area contributed by atoms with E-state index in [1.54, 1.807) is 0 Å². The van der Waals surface area contributed by atoms with Crippen LogP contribution in [0.1, 0.15) is 58.4 Å². The average Bonchev–Trinajstić information content (AvgIpc) is 3.41. The van der Waals surface area contributed by atoms with Crippen molar-refractivity contribution in [1.82, 2.24) is 15.5 Å². The van der Waals surface area contributed by atoms with Crippen LogP contribution in [0.25, 0.3) is 0 Å². The van der Waals surface area contributed by atoms with Gasteiger partial charge in [0.15, 0.2) is 8.32 Å². The zero-order valence-corrected chi connectivity index (χ0v) is 22.6. The number of nitrogens with one attached hydrogen (secondary N) is 2. The Kier molecular flexibility index (Phi) is 7.25. The van der Waals surface area contributed by atoms with Crippen molar-refractivity contribution in [1.29, 1.82) is 0 Å². The minimum atomic E-state index is -1.94. The SMILES string of the molecule is CC(C)(C)[Si](C)(C)OC[C@@H]1CC[C@@H]2CC(Cc3ccccc3)=C(NC(=O)[C@@H]3CCC(=O)N3)C(=O)N21. The number of hydrogen-bond donors (Lipinski definition) is 2. The molecular formula is C27H39N3O4Si. The van der Waals surface area contributed by atoms with Gasteiger partial charge in [-0.2, -0.15) is 0 Å². The third kappa shape index (κ3) is 5.53. The van der Waals surface area contributed by atoms with Gasteiger partial charge >= 0.3 is 0 Å². The van der Waals surface area contributed by atoms with Crippen LogP contribution in [-0.4, -0.2) is 55.7 Å². The number of amides is 3. The predicted octanol–water partition coefficient (Wildman–Crippen LogP) is 3.66. The van der Waals surface area contributed by atoms with E-state index >= 15 is 0 Å². The van der Waals surface area contributed by atoms with Crippen LogP contribution in [0.3, 0.4) is 0 Å². The Hall–Kier alpha value is -2.45. The minimum Gasteiger partial charge on any atom is -0.415 e. The first-order valence-corrected chi connectivity index (χ1v) is 15.7. The summed E-state index contributed by atoms with van der Waals surface area (Å²) in [5.74, 6) is -0.552. The number of rotatable bonds is 7. The molecule has 35 heavy (non-hydrogen) atoms. The van der Waals surface area contributed by atoms with Crippen LogP contribution >= 0.6 is 0 Å². The van der Waals surface area contributed by atoms with Gasteiger partial charge in [-0.15, -0.1) is 0 Å². The highest BCUT2D eigenvalue weighted by Crippen LogP contribution is 2.39. The van der Waals surface area contributed by atoms with Crippen molar-refractivity contribution in [3.8, 4) is 0 Å². The van der Waals surface area contributed by atoms with Gasteiger partial charge in [0, 0.05) is 12.5 Å². The quantitative estimate of drug-likeness (QED) is 0.563. The lowest BCUT2D eigenvalue weighted by Gasteiger charge is -2.40. The maximum atomic E-state index is 13.9. The third-order valence-corrected chi connectivity index (χ3v) is 12.7. The topological polar surface area (TPSA) is 87.7 Å². The average molecular weight is 498 g/mol. The Bertz CT molecular complexity index is 1020. The molecule has 8 heteroatoms. The lowest BCUT2D eigenvalue weighted by Crippen LogP contribution is -2.53. The Balaban J connectivity index is 1.57. The molecule has 3 atom stereocenters. The second kappa shape index (κ2) is 9.89. The molecule has 2 saturated heterocycles. The zero-order chi connectivity index (χ0) is 25.4. The number of carbonyl (C=O) groups excluding carboxylic acids is 3. The summed E-state index contributed by atoms with van der Waals surface area (Å²) in [6.45, 7) is 11.7. The van der Waals surface area contributed by atoms with Crippen molar-refractivity contribution < 1.29 is 18.8 Å². The van der Waals surface area contributed by atoms with E-state index in [1.165, 1.54) is 0 Å². The summed E-state index contributed by atoms with van der Waals surface area (Å²) >= 11 is 0. The van der Waals surface area contributed by atoms with Gasteiger partial charge in [-0.25, -0.2) is 0 Å². The molecule has 0 unspecified atom stereocenters. The predicted molar refractivity (Wildman–Crippen MR) is 138 cm³/mol. The van der Waals surface area contributed by atoms with Crippen molar-refractivity contribution in [3.05, 3.63) is 47.2 Å². The Morgan fingerprint density at radius 1 is 1.14 bits per heavy atom. The molecule has 190 valence electrons. The normalized spacial score (nSPS) is 25.1. The van der Waals surface area contributed by atoms with Gasteiger partial charge in [-0.3, -0.25) is 14.4 Å². The smallest absolute Gasteiger partial charge is 0.270 e. The van der Waals surface area contributed by atoms with Gasteiger partial charge < -0.3 is 20.0 Å². The van der Waals surface area contributed by atoms with E-state index in [9.17, 15) is 14.4 Å². The Morgan fingerprint density at radius 2 is 1.86 bits per heavy atom. The number of fused-ring (bicyclic) bond motifs is 1. The first-order chi connectivity index (χ1) is 16.5. The lowest BCUT2D eigenvalue weighted by atomic mass is 9.92. The summed E-state index contributed by atoms with van der Waals surface area (Å²) in [7, 11) is -1.94. The van der Waals surface area contributed by atoms with Crippen LogP contribution in [0, 0.1) is 0 Å². The van der Waals surface area contributed by atoms with Crippen molar-refractivity contribution >= 4 is 26.0 Å². The van der Waals surface area contributed by atoms with Crippen molar-refractivity contribution in [2.45, 2.75) is 95.6 Å². The molecule has 0 bridgehead atoms. The van der Waals surface area contributed by atoms with Gasteiger partial charge in [-0.05, 0) is 61.4 Å². The molecule has 4 rings (SSSR count). The summed E-state index contributed by atoms with van der Waals surface area (Å²) in [5.41, 5.74) is 2.46. The lowest BCUT2D eigenvalue weighted by molar-refractivity contribution is -0.134. The second-order valence-corrected chi connectivity index (χ2v) is 16.5. The molecule has 2 fully saturated rings. The largest absolute Gasteiger partial charge is 0.415 e. The number of nitrogens with zero attached hydrogens (tertiary/aromatic N) is 1. The highest BCUT2D eigenvalue weighted by atomic mass is 28.4. The maximum absolute atomic E-state index is 13.9. The number of benzene rings is 1. The summed E-state index contributed by atoms with van der Waals surface area (Å²) < 4.78 is 6.50. The third-order valence-electron chi connectivity index (χ3n) is 8.17. The molecule has 0 aromatic heterocycles. The molecule has 3 aliphatic rings. The molecule has 0 spiro atoms. The van der Waals surface area contributed by atoms with Crippen LogP contribution < -0.4 is 10.6 Å². The molecule has 2 N–H and O–H groups in total. The molecular weight excluding hydrogens is 458 g/mol. The fraction of sp³-hybridized carbons (Fsp3) is 0.593. The van der Waals surface area contributed by atoms with E-state index in [0.29, 0.717) is 31.6 Å². The molecule has 1 aromatic rings. The van der Waals surface area contributed by atoms with E-state index in [0.717, 1.165) is 30.4 Å². The first-order valence-electron chi connectivity index (χ1n) is 12.8. The molecule has 3 amide bonds. The molecule has 7 nitrogen and oxygen atoms in total. The fourth-order valence-corrected chi connectivity index (χ4v) is 6.05. The van der Waals surface area contributed by atoms with E-state index < -0.39 is 14.4 Å². The van der Waals surface area contributed by atoms with Crippen LogP contribution in [-0.2, 0) is 25.2 Å². The molecule has 0 radical (unpaired) electrons. The number of carbonyl (C=O) groups is 3. The maximum Gasteiger partial charge on any atom is 0.270 e. The standard InChI is InChI=1S/C27H39N3O4Si/c1-27(2,3)35(4,5)34-17-21-12-11-20-16-19(15-18-9-7-6-8-10-18)24(26(33)30(20)21)29-25(32)22-13-14-23(31)28-22/h6-10,20-22H,11-17H2,1-5H3,(H,28,31)(H,29,32)/t20-,21+,22+/m1/s1. The molecule has 3 aliphatic heterocycles. The first kappa shape index (κ1) is 25.6. The van der Waals surface area contributed by atoms with Crippen molar-refractivity contribution in [2.24, 2.45) is 0 Å². The highest BCUT2D eigenvalue weighted by molar-refractivity contribution is 6.74. The Morgan fingerprint density at radius 3 is 2.49 bits per heavy atom. The fourth-order valence-electron chi connectivity index (χ4n) is 5.01. The molecule has 3 heterocycles. The second-order valence-electron chi connectivity index (χ2n) is 11.7. The zero-order valence-electron chi connectivity index (χ0n) is 21.6. The van der Waals surface area contributed by atoms with E-state index in [-0.39, 0.29) is 34.8 Å². The van der Waals surface area contributed by atoms with Gasteiger partial charge in [0.1, 0.15) is 11.7 Å². The van der Waals surface area contributed by atoms with E-state index in [2.05, 4.69) is 44.5 Å². The van der Waals surface area contributed by atoms with Gasteiger partial charge in [0.25, 0.3) is 5.91 Å². The van der Waals surface area contributed by atoms with Gasteiger partial charge in [0.2, 0.25) is 11.8 Å². The van der Waals surface area contributed by atoms with Crippen LogP contribution in [0.5, 0.6) is 0 Å². The summed E-state index contributed by atoms with van der Waals surface area (Å²) in [4.78, 5) is 40.5. The van der Waals surface area contributed by atoms with Crippen LogP contribution in [0.4, 0.5) is 0 Å². The summed E-state index contributed by atoms with van der Waals surface area (Å²) in [6, 6.07) is 9.59. The van der Waals surface area contributed by atoms with Gasteiger partial charge in [-0.1, -0.05) is 51.1 Å². The summed E-state index contributed by atoms with van der Waals surface area (Å²) in [6.07, 6.45) is 4.00. The summed E-state index contributed by atoms with van der Waals surface area (Å²) in [5, 5.41) is 5.75. The van der Waals surface area contributed by atoms with E-state index in [1.807, 2.05) is 35.2 Å². The van der Waals surface area contributed by atoms with Gasteiger partial charge in [0.05, 0.1) is 12.6 Å². The molecule has 0 aliphatic carbocycles.